The summed E-state index contributed by atoms with van der Waals surface area (Å²) in [5.74, 6) is 1.48. The van der Waals surface area contributed by atoms with E-state index in [0.717, 1.165) is 34.6 Å². The van der Waals surface area contributed by atoms with Crippen LogP contribution in [0.3, 0.4) is 0 Å². The molecule has 0 N–H and O–H groups in total. The van der Waals surface area contributed by atoms with Gasteiger partial charge in [0.25, 0.3) is 0 Å². The van der Waals surface area contributed by atoms with Crippen LogP contribution in [0.4, 0.5) is 0 Å². The molecule has 0 saturated heterocycles. The number of aromatic nitrogens is 3. The molecule has 8 heteroatoms. The molecule has 6 aromatic heterocycles. The van der Waals surface area contributed by atoms with E-state index in [1.807, 2.05) is 45.3 Å². The van der Waals surface area contributed by atoms with Gasteiger partial charge in [0.1, 0.15) is 16.7 Å². The van der Waals surface area contributed by atoms with E-state index in [1.54, 1.807) is 0 Å². The van der Waals surface area contributed by atoms with Gasteiger partial charge in [0, 0.05) is 45.9 Å². The van der Waals surface area contributed by atoms with Crippen LogP contribution in [0.25, 0.3) is 51.6 Å². The van der Waals surface area contributed by atoms with Crippen molar-refractivity contribution in [2.24, 2.45) is 11.8 Å². The largest absolute Gasteiger partial charge is 0.252 e. The fourth-order valence-corrected chi connectivity index (χ4v) is 14.4. The highest BCUT2D eigenvalue weighted by Gasteiger charge is 2.24. The van der Waals surface area contributed by atoms with Crippen LogP contribution in [0.15, 0.2) is 42.6 Å². The van der Waals surface area contributed by atoms with Gasteiger partial charge in [0.05, 0.1) is 16.6 Å². The molecule has 0 amide bonds. The first-order valence-corrected chi connectivity index (χ1v) is 29.4. The molecular formula is C55H79N3S5. The number of hydrogen-bond acceptors (Lipinski definition) is 8. The molecule has 63 heavy (non-hydrogen) atoms. The molecule has 0 fully saturated rings. The average molecular weight is 943 g/mol. The lowest BCUT2D eigenvalue weighted by molar-refractivity contribution is 0.402. The maximum absolute atomic E-state index is 5.32. The quantitative estimate of drug-likeness (QED) is 0.0396. The Bertz CT molecular complexity index is 2180. The van der Waals surface area contributed by atoms with E-state index in [-0.39, 0.29) is 0 Å². The van der Waals surface area contributed by atoms with Gasteiger partial charge in [0.15, 0.2) is 0 Å². The second-order valence-corrected chi connectivity index (χ2v) is 23.9. The van der Waals surface area contributed by atoms with Crippen molar-refractivity contribution in [3.63, 3.8) is 0 Å². The topological polar surface area (TPSA) is 38.7 Å². The van der Waals surface area contributed by atoms with Crippen LogP contribution < -0.4 is 0 Å². The fourth-order valence-electron chi connectivity index (χ4n) is 9.52. The third kappa shape index (κ3) is 15.1. The summed E-state index contributed by atoms with van der Waals surface area (Å²) >= 11 is 9.07. The highest BCUT2D eigenvalue weighted by Crippen LogP contribution is 2.47. The van der Waals surface area contributed by atoms with Gasteiger partial charge in [-0.05, 0) is 86.1 Å². The molecular weight excluding hydrogens is 863 g/mol. The summed E-state index contributed by atoms with van der Waals surface area (Å²) in [7, 11) is 0. The van der Waals surface area contributed by atoms with Crippen molar-refractivity contribution in [2.75, 3.05) is 0 Å². The summed E-state index contributed by atoms with van der Waals surface area (Å²) in [6.45, 7) is 13.8. The molecule has 0 aromatic carbocycles. The number of aryl methyl sites for hydroxylation is 2. The zero-order chi connectivity index (χ0) is 44.2. The number of hydrogen-bond donors (Lipinski definition) is 0. The number of fused-ring (bicyclic) bond motifs is 1. The SMILES string of the molecule is CCCCCCCCC(CCCCCC)Cc1cc(-c2cnc(-c3cc(CC(CCCCCC)CCCCCCCC)c(-c4ccc(-c5ccc(C)s5)s4)s3)c3nsnc23)sc1C. The van der Waals surface area contributed by atoms with Crippen LogP contribution in [0.1, 0.15) is 203 Å². The Morgan fingerprint density at radius 1 is 0.460 bits per heavy atom. The summed E-state index contributed by atoms with van der Waals surface area (Å²) in [4.78, 5) is 16.2. The van der Waals surface area contributed by atoms with E-state index in [2.05, 4.69) is 84.1 Å². The van der Waals surface area contributed by atoms with Crippen LogP contribution in [0.5, 0.6) is 0 Å². The fraction of sp³-hybridized carbons (Fsp3) is 0.618. The van der Waals surface area contributed by atoms with Gasteiger partial charge in [-0.3, -0.25) is 4.98 Å². The Hall–Kier alpha value is -2.23. The molecule has 0 bridgehead atoms. The van der Waals surface area contributed by atoms with E-state index < -0.39 is 0 Å². The summed E-state index contributed by atoms with van der Waals surface area (Å²) < 4.78 is 10.00. The van der Waals surface area contributed by atoms with Gasteiger partial charge in [-0.1, -0.05) is 182 Å². The molecule has 0 aliphatic heterocycles. The smallest absolute Gasteiger partial charge is 0.132 e. The Morgan fingerprint density at radius 2 is 0.952 bits per heavy atom. The van der Waals surface area contributed by atoms with Crippen LogP contribution in [0.2, 0.25) is 0 Å². The predicted octanol–water partition coefficient (Wildman–Crippen LogP) is 20.4. The lowest BCUT2D eigenvalue weighted by Gasteiger charge is -2.17. The van der Waals surface area contributed by atoms with Crippen molar-refractivity contribution in [1.29, 1.82) is 0 Å². The summed E-state index contributed by atoms with van der Waals surface area (Å²) in [6, 6.07) is 14.3. The summed E-state index contributed by atoms with van der Waals surface area (Å²) in [6.07, 6.45) is 37.1. The van der Waals surface area contributed by atoms with Gasteiger partial charge in [0.2, 0.25) is 0 Å². The number of pyridine rings is 1. The average Bonchev–Trinajstić information content (AvgIpc) is 4.15. The van der Waals surface area contributed by atoms with Crippen LogP contribution in [-0.2, 0) is 12.8 Å². The normalized spacial score (nSPS) is 12.9. The van der Waals surface area contributed by atoms with Gasteiger partial charge in [-0.25, -0.2) is 0 Å². The molecule has 2 unspecified atom stereocenters. The lowest BCUT2D eigenvalue weighted by Crippen LogP contribution is -2.05. The van der Waals surface area contributed by atoms with Gasteiger partial charge in [-0.15, -0.1) is 45.3 Å². The van der Waals surface area contributed by atoms with Gasteiger partial charge in [-0.2, -0.15) is 8.75 Å². The van der Waals surface area contributed by atoms with Crippen LogP contribution in [0, 0.1) is 25.7 Å². The van der Waals surface area contributed by atoms with E-state index >= 15 is 0 Å². The predicted molar refractivity (Wildman–Crippen MR) is 286 cm³/mol. The summed E-state index contributed by atoms with van der Waals surface area (Å²) in [5.41, 5.74) is 7.16. The zero-order valence-corrected chi connectivity index (χ0v) is 44.0. The maximum atomic E-state index is 5.32. The standard InChI is InChI=1S/C55H79N3S5/c1-7-11-15-19-21-25-29-42(27-23-17-13-9-3)35-44-37-50(60-41(44)6)46-39-56-53(54-52(46)57-63-58-54)51-38-45(36-43(28-24-18-14-10-4)30-26-22-20-16-12-8-2)55(62-51)49-34-33-48(61-49)47-32-31-40(5)59-47/h31-34,37-39,42-43H,7-30,35-36H2,1-6H3. The van der Waals surface area contributed by atoms with Crippen LogP contribution in [-0.4, -0.2) is 13.7 Å². The van der Waals surface area contributed by atoms with Crippen molar-refractivity contribution in [3.05, 3.63) is 63.5 Å². The molecule has 6 aromatic rings. The first kappa shape index (κ1) is 50.2. The van der Waals surface area contributed by atoms with Gasteiger partial charge < -0.3 is 0 Å². The minimum Gasteiger partial charge on any atom is -0.252 e. The van der Waals surface area contributed by atoms with Crippen molar-refractivity contribution < 1.29 is 0 Å². The molecule has 3 nitrogen and oxygen atoms in total. The Kier molecular flexibility index (Phi) is 21.8. The van der Waals surface area contributed by atoms with Crippen molar-refractivity contribution in [2.45, 2.75) is 208 Å². The first-order valence-electron chi connectivity index (χ1n) is 25.4. The minimum atomic E-state index is 0.711. The van der Waals surface area contributed by atoms with Crippen molar-refractivity contribution in [3.8, 4) is 40.5 Å². The minimum absolute atomic E-state index is 0.711. The number of nitrogens with zero attached hydrogens (tertiary/aromatic N) is 3. The van der Waals surface area contributed by atoms with Crippen molar-refractivity contribution >= 4 is 68.1 Å². The second kappa shape index (κ2) is 27.4. The molecule has 6 rings (SSSR count). The van der Waals surface area contributed by atoms with Crippen LogP contribution >= 0.6 is 57.1 Å². The molecule has 0 radical (unpaired) electrons. The Balaban J connectivity index is 1.27. The molecule has 344 valence electrons. The molecule has 6 heterocycles. The third-order valence-electron chi connectivity index (χ3n) is 13.3. The zero-order valence-electron chi connectivity index (χ0n) is 40.0. The van der Waals surface area contributed by atoms with E-state index in [4.69, 9.17) is 13.7 Å². The Labute approximate surface area is 403 Å². The highest BCUT2D eigenvalue weighted by atomic mass is 32.1. The third-order valence-corrected chi connectivity index (χ3v) is 18.6. The number of unbranched alkanes of at least 4 members (excludes halogenated alkanes) is 16. The Morgan fingerprint density at radius 3 is 1.54 bits per heavy atom. The van der Waals surface area contributed by atoms with Crippen molar-refractivity contribution in [1.82, 2.24) is 13.7 Å². The highest BCUT2D eigenvalue weighted by molar-refractivity contribution is 7.27. The maximum Gasteiger partial charge on any atom is 0.132 e. The molecule has 0 spiro atoms. The number of rotatable bonds is 32. The molecule has 0 aliphatic carbocycles. The van der Waals surface area contributed by atoms with Gasteiger partial charge >= 0.3 is 0 Å². The first-order chi connectivity index (χ1) is 30.9. The lowest BCUT2D eigenvalue weighted by atomic mass is 9.88. The molecule has 0 aliphatic rings. The van der Waals surface area contributed by atoms with E-state index in [9.17, 15) is 0 Å². The molecule has 0 saturated carbocycles. The monoisotopic (exact) mass is 941 g/mol. The number of thiophene rings is 4. The summed E-state index contributed by atoms with van der Waals surface area (Å²) in [5, 5.41) is 0. The van der Waals surface area contributed by atoms with E-state index in [1.165, 1.54) is 222 Å². The van der Waals surface area contributed by atoms with E-state index in [0.29, 0.717) is 5.92 Å². The molecule has 2 atom stereocenters. The second-order valence-electron chi connectivity index (χ2n) is 18.7.